The number of anilines is 2. The molecule has 1 aliphatic heterocycles. The highest BCUT2D eigenvalue weighted by Crippen LogP contribution is 2.32. The highest BCUT2D eigenvalue weighted by atomic mass is 35.5. The zero-order valence-electron chi connectivity index (χ0n) is 18.5. The van der Waals surface area contributed by atoms with Gasteiger partial charge < -0.3 is 14.7 Å². The summed E-state index contributed by atoms with van der Waals surface area (Å²) in [6.07, 6.45) is -0.897. The van der Waals surface area contributed by atoms with E-state index in [-0.39, 0.29) is 16.8 Å². The summed E-state index contributed by atoms with van der Waals surface area (Å²) in [7, 11) is 0. The van der Waals surface area contributed by atoms with Crippen LogP contribution in [0.2, 0.25) is 5.15 Å². The first-order valence-corrected chi connectivity index (χ1v) is 11.9. The fourth-order valence-electron chi connectivity index (χ4n) is 3.50. The Morgan fingerprint density at radius 1 is 1.12 bits per heavy atom. The van der Waals surface area contributed by atoms with Crippen molar-refractivity contribution in [3.8, 4) is 0 Å². The van der Waals surface area contributed by atoms with Gasteiger partial charge in [-0.2, -0.15) is 13.2 Å². The van der Waals surface area contributed by atoms with Gasteiger partial charge in [-0.1, -0.05) is 41.6 Å². The molecule has 0 atom stereocenters. The van der Waals surface area contributed by atoms with E-state index in [2.05, 4.69) is 23.1 Å². The van der Waals surface area contributed by atoms with Crippen LogP contribution in [0.25, 0.3) is 0 Å². The molecule has 0 saturated carbocycles. The number of carbonyl (C=O) groups is 1. The van der Waals surface area contributed by atoms with Crippen LogP contribution < -0.4 is 9.80 Å². The molecule has 2 aromatic rings. The minimum absolute atomic E-state index is 0.0899. The van der Waals surface area contributed by atoms with Crippen molar-refractivity contribution in [1.29, 1.82) is 0 Å². The molecule has 0 aliphatic carbocycles. The molecule has 0 radical (unpaired) electrons. The van der Waals surface area contributed by atoms with Gasteiger partial charge in [0.05, 0.1) is 11.3 Å². The van der Waals surface area contributed by atoms with E-state index < -0.39 is 11.7 Å². The van der Waals surface area contributed by atoms with Crippen LogP contribution in [-0.2, 0) is 11.0 Å². The Morgan fingerprint density at radius 3 is 2.41 bits per heavy atom. The molecule has 0 spiro atoms. The molecule has 0 bridgehead atoms. The van der Waals surface area contributed by atoms with Crippen molar-refractivity contribution in [3.05, 3.63) is 66.4 Å². The molecular formula is C23H25ClF3N5OS. The number of aromatic nitrogens is 2. The minimum Gasteiger partial charge on any atom is -0.368 e. The normalized spacial score (nSPS) is 14.1. The molecule has 182 valence electrons. The number of hydrogen-bond donors (Lipinski definition) is 0. The van der Waals surface area contributed by atoms with Crippen molar-refractivity contribution < 1.29 is 18.0 Å². The van der Waals surface area contributed by atoms with Crippen LogP contribution in [0.4, 0.5) is 24.7 Å². The first kappa shape index (κ1) is 25.9. The Bertz CT molecular complexity index is 1020. The molecule has 11 heteroatoms. The maximum atomic E-state index is 13.0. The Labute approximate surface area is 206 Å². The van der Waals surface area contributed by atoms with Crippen LogP contribution in [-0.4, -0.2) is 65.8 Å². The van der Waals surface area contributed by atoms with Crippen molar-refractivity contribution in [2.24, 2.45) is 0 Å². The van der Waals surface area contributed by atoms with E-state index in [0.717, 1.165) is 12.1 Å². The lowest BCUT2D eigenvalue weighted by atomic mass is 10.1. The second-order valence-electron chi connectivity index (χ2n) is 7.52. The highest BCUT2D eigenvalue weighted by Gasteiger charge is 2.31. The van der Waals surface area contributed by atoms with Gasteiger partial charge in [-0.05, 0) is 18.2 Å². The third kappa shape index (κ3) is 6.89. The quantitative estimate of drug-likeness (QED) is 0.209. The molecule has 6 nitrogen and oxygen atoms in total. The number of hydrogen-bond acceptors (Lipinski definition) is 6. The lowest BCUT2D eigenvalue weighted by molar-refractivity contribution is -0.137. The SMILES string of the molecule is C=CCN(CC=C)c1cc(Cl)nc(SCC(=O)N2CCN(c3cccc(C(F)(F)F)c3)CC2)n1. The predicted molar refractivity (Wildman–Crippen MR) is 131 cm³/mol. The number of piperazine rings is 1. The summed E-state index contributed by atoms with van der Waals surface area (Å²) >= 11 is 7.35. The van der Waals surface area contributed by atoms with E-state index in [4.69, 9.17) is 11.6 Å². The summed E-state index contributed by atoms with van der Waals surface area (Å²) in [5.74, 6) is 0.656. The first-order valence-electron chi connectivity index (χ1n) is 10.6. The van der Waals surface area contributed by atoms with E-state index in [0.29, 0.717) is 55.9 Å². The average molecular weight is 512 g/mol. The van der Waals surface area contributed by atoms with Gasteiger partial charge in [0.25, 0.3) is 0 Å². The molecule has 3 rings (SSSR count). The topological polar surface area (TPSA) is 52.6 Å². The monoisotopic (exact) mass is 511 g/mol. The van der Waals surface area contributed by atoms with Gasteiger partial charge in [-0.15, -0.1) is 13.2 Å². The maximum Gasteiger partial charge on any atom is 0.416 e. The second kappa shape index (κ2) is 11.6. The molecule has 0 N–H and O–H groups in total. The summed E-state index contributed by atoms with van der Waals surface area (Å²) in [6.45, 7) is 10.3. The molecule has 1 aliphatic rings. The number of halogens is 4. The Balaban J connectivity index is 1.57. The number of carbonyl (C=O) groups excluding carboxylic acids is 1. The van der Waals surface area contributed by atoms with Crippen molar-refractivity contribution >= 4 is 40.8 Å². The number of nitrogens with zero attached hydrogens (tertiary/aromatic N) is 5. The lowest BCUT2D eigenvalue weighted by Crippen LogP contribution is -2.49. The number of benzene rings is 1. The molecule has 34 heavy (non-hydrogen) atoms. The van der Waals surface area contributed by atoms with Gasteiger partial charge >= 0.3 is 6.18 Å². The van der Waals surface area contributed by atoms with Gasteiger partial charge in [0.15, 0.2) is 5.16 Å². The molecule has 1 aromatic carbocycles. The van der Waals surface area contributed by atoms with Gasteiger partial charge in [0.1, 0.15) is 11.0 Å². The molecule has 1 aromatic heterocycles. The molecule has 1 amide bonds. The average Bonchev–Trinajstić information content (AvgIpc) is 2.82. The van der Waals surface area contributed by atoms with E-state index in [1.165, 1.54) is 17.8 Å². The van der Waals surface area contributed by atoms with Crippen molar-refractivity contribution in [2.75, 3.05) is 54.8 Å². The Hall–Kier alpha value is -2.72. The molecular weight excluding hydrogens is 487 g/mol. The van der Waals surface area contributed by atoms with Crippen LogP contribution in [0, 0.1) is 0 Å². The molecule has 2 heterocycles. The van der Waals surface area contributed by atoms with Gasteiger partial charge in [-0.3, -0.25) is 4.79 Å². The number of alkyl halides is 3. The lowest BCUT2D eigenvalue weighted by Gasteiger charge is -2.36. The zero-order valence-corrected chi connectivity index (χ0v) is 20.0. The van der Waals surface area contributed by atoms with Gasteiger partial charge in [0, 0.05) is 51.0 Å². The van der Waals surface area contributed by atoms with E-state index in [1.807, 2.05) is 9.80 Å². The third-order valence-corrected chi connectivity index (χ3v) is 6.21. The standard InChI is InChI=1S/C23H25ClF3N5OS/c1-3-8-31(9-4-2)20-15-19(24)28-22(29-20)34-16-21(33)32-12-10-30(11-13-32)18-7-5-6-17(14-18)23(25,26)27/h3-7,14-15H,1-2,8-13,16H2. The third-order valence-electron chi connectivity index (χ3n) is 5.18. The van der Waals surface area contributed by atoms with E-state index >= 15 is 0 Å². The predicted octanol–water partition coefficient (Wildman–Crippen LogP) is 4.77. The van der Waals surface area contributed by atoms with Crippen molar-refractivity contribution in [3.63, 3.8) is 0 Å². The van der Waals surface area contributed by atoms with Crippen LogP contribution >= 0.6 is 23.4 Å². The van der Waals surface area contributed by atoms with Gasteiger partial charge in [0.2, 0.25) is 5.91 Å². The van der Waals surface area contributed by atoms with Crippen LogP contribution in [0.1, 0.15) is 5.56 Å². The minimum atomic E-state index is -4.39. The first-order chi connectivity index (χ1) is 16.2. The van der Waals surface area contributed by atoms with Crippen molar-refractivity contribution in [1.82, 2.24) is 14.9 Å². The zero-order chi connectivity index (χ0) is 24.7. The summed E-state index contributed by atoms with van der Waals surface area (Å²) in [4.78, 5) is 26.9. The number of rotatable bonds is 9. The van der Waals surface area contributed by atoms with E-state index in [9.17, 15) is 18.0 Å². The van der Waals surface area contributed by atoms with Crippen LogP contribution in [0.3, 0.4) is 0 Å². The summed E-state index contributed by atoms with van der Waals surface area (Å²) in [5.41, 5.74) is -0.180. The molecule has 1 saturated heterocycles. The summed E-state index contributed by atoms with van der Waals surface area (Å²) < 4.78 is 39.0. The van der Waals surface area contributed by atoms with E-state index in [1.54, 1.807) is 29.2 Å². The number of thioether (sulfide) groups is 1. The van der Waals surface area contributed by atoms with Gasteiger partial charge in [-0.25, -0.2) is 9.97 Å². The summed E-state index contributed by atoms with van der Waals surface area (Å²) in [6, 6.07) is 6.89. The Morgan fingerprint density at radius 2 is 1.79 bits per heavy atom. The fourth-order valence-corrected chi connectivity index (χ4v) is 4.48. The highest BCUT2D eigenvalue weighted by molar-refractivity contribution is 7.99. The van der Waals surface area contributed by atoms with Crippen LogP contribution in [0.5, 0.6) is 0 Å². The smallest absolute Gasteiger partial charge is 0.368 e. The fraction of sp³-hybridized carbons (Fsp3) is 0.348. The number of amides is 1. The maximum absolute atomic E-state index is 13.0. The molecule has 1 fully saturated rings. The van der Waals surface area contributed by atoms with Crippen LogP contribution in [0.15, 0.2) is 60.8 Å². The van der Waals surface area contributed by atoms with Crippen molar-refractivity contribution in [2.45, 2.75) is 11.3 Å². The largest absolute Gasteiger partial charge is 0.416 e. The molecule has 0 unspecified atom stereocenters. The Kier molecular flexibility index (Phi) is 8.84. The second-order valence-corrected chi connectivity index (χ2v) is 8.85. The summed E-state index contributed by atoms with van der Waals surface area (Å²) in [5, 5.41) is 0.657.